The summed E-state index contributed by atoms with van der Waals surface area (Å²) in [5.74, 6) is 0. The lowest BCUT2D eigenvalue weighted by Crippen LogP contribution is -2.50. The summed E-state index contributed by atoms with van der Waals surface area (Å²) < 4.78 is 4.41. The van der Waals surface area contributed by atoms with E-state index < -0.39 is 24.9 Å². The van der Waals surface area contributed by atoms with Crippen LogP contribution in [0.15, 0.2) is 0 Å². The number of rotatable bonds is 5. The summed E-state index contributed by atoms with van der Waals surface area (Å²) in [6, 6.07) is 0. The van der Waals surface area contributed by atoms with Crippen molar-refractivity contribution in [3.63, 3.8) is 0 Å². The second-order valence-electron chi connectivity index (χ2n) is 2.90. The van der Waals surface area contributed by atoms with Gasteiger partial charge in [0.2, 0.25) is 0 Å². The van der Waals surface area contributed by atoms with E-state index in [1.165, 1.54) is 0 Å². The molecule has 0 amide bonds. The molecule has 0 fully saturated rings. The normalized spacial score (nSPS) is 21.4. The van der Waals surface area contributed by atoms with Crippen LogP contribution in [0.3, 0.4) is 0 Å². The topological polar surface area (TPSA) is 69.9 Å². The van der Waals surface area contributed by atoms with Crippen molar-refractivity contribution in [3.8, 4) is 0 Å². The van der Waals surface area contributed by atoms with E-state index in [2.05, 4.69) is 4.43 Å². The third-order valence-electron chi connectivity index (χ3n) is 1.84. The van der Waals surface area contributed by atoms with Gasteiger partial charge in [-0.2, -0.15) is 0 Å². The van der Waals surface area contributed by atoms with E-state index in [-0.39, 0.29) is 0 Å². The smallest absolute Gasteiger partial charge is 0.368 e. The highest BCUT2D eigenvalue weighted by Crippen LogP contribution is 2.36. The monoisotopic (exact) mass is 282 g/mol. The lowest BCUT2D eigenvalue weighted by atomic mass is 10.0. The van der Waals surface area contributed by atoms with Gasteiger partial charge < -0.3 is 18.8 Å². The first-order valence-electron chi connectivity index (χ1n) is 3.95. The van der Waals surface area contributed by atoms with E-state index in [1.807, 2.05) is 0 Å². The van der Waals surface area contributed by atoms with Crippen LogP contribution >= 0.6 is 34.8 Å². The summed E-state index contributed by atoms with van der Waals surface area (Å²) in [6.45, 7) is 3.33. The van der Waals surface area contributed by atoms with Gasteiger partial charge in [0, 0.05) is 0 Å². The molecule has 86 valence electrons. The summed E-state index contributed by atoms with van der Waals surface area (Å²) in [5.41, 5.74) is -1.27. The Morgan fingerprint density at radius 3 is 2.00 bits per heavy atom. The van der Waals surface area contributed by atoms with E-state index in [9.17, 15) is 0 Å². The summed E-state index contributed by atoms with van der Waals surface area (Å²) >= 11 is 17.5. The van der Waals surface area contributed by atoms with Crippen LogP contribution in [0.1, 0.15) is 20.3 Å². The molecule has 0 bridgehead atoms. The van der Waals surface area contributed by atoms with Gasteiger partial charge in [0.1, 0.15) is 5.56 Å². The number of halogens is 3. The van der Waals surface area contributed by atoms with E-state index >= 15 is 0 Å². The van der Waals surface area contributed by atoms with Crippen LogP contribution in [0.4, 0.5) is 0 Å². The summed E-state index contributed by atoms with van der Waals surface area (Å²) in [6.07, 6.45) is 0.359. The first-order valence-corrected chi connectivity index (χ1v) is 6.95. The fraction of sp³-hybridized carbons (Fsp3) is 1.00. The zero-order valence-corrected chi connectivity index (χ0v) is 11.0. The molecule has 4 nitrogen and oxygen atoms in total. The SMILES string of the molecule is CCC(Cl)(C(C)Cl)C(Cl)O[Si](O)(O)O. The van der Waals surface area contributed by atoms with Gasteiger partial charge in [-0.05, 0) is 13.3 Å². The molecule has 0 heterocycles. The Balaban J connectivity index is 4.54. The molecule has 0 radical (unpaired) electrons. The molecular weight excluding hydrogens is 271 g/mol. The molecule has 3 N–H and O–H groups in total. The Labute approximate surface area is 98.8 Å². The third-order valence-corrected chi connectivity index (χ3v) is 4.43. The van der Waals surface area contributed by atoms with Gasteiger partial charge in [0.05, 0.1) is 10.3 Å². The van der Waals surface area contributed by atoms with Crippen molar-refractivity contribution < 1.29 is 18.8 Å². The van der Waals surface area contributed by atoms with Crippen molar-refractivity contribution in [2.75, 3.05) is 0 Å². The van der Waals surface area contributed by atoms with Crippen molar-refractivity contribution in [3.05, 3.63) is 0 Å². The molecule has 3 atom stereocenters. The summed E-state index contributed by atoms with van der Waals surface area (Å²) in [7, 11) is -4.67. The maximum Gasteiger partial charge on any atom is 0.672 e. The van der Waals surface area contributed by atoms with Gasteiger partial charge in [-0.15, -0.1) is 23.2 Å². The van der Waals surface area contributed by atoms with Gasteiger partial charge in [-0.1, -0.05) is 18.5 Å². The largest absolute Gasteiger partial charge is 0.672 e. The zero-order chi connectivity index (χ0) is 11.6. The average molecular weight is 284 g/mol. The Hall–Kier alpha value is 0.927. The van der Waals surface area contributed by atoms with Gasteiger partial charge >= 0.3 is 9.05 Å². The molecular formula is C6H13Cl3O4Si. The Morgan fingerprint density at radius 2 is 1.79 bits per heavy atom. The molecule has 0 saturated heterocycles. The minimum absolute atomic E-state index is 0.359. The highest BCUT2D eigenvalue weighted by atomic mass is 35.5. The fourth-order valence-corrected chi connectivity index (χ4v) is 2.50. The molecule has 3 unspecified atom stereocenters. The van der Waals surface area contributed by atoms with Crippen molar-refractivity contribution >= 4 is 43.9 Å². The Morgan fingerprint density at radius 1 is 1.36 bits per heavy atom. The third kappa shape index (κ3) is 4.20. The van der Waals surface area contributed by atoms with Crippen LogP contribution in [0.2, 0.25) is 0 Å². The Kier molecular flexibility index (Phi) is 5.67. The lowest BCUT2D eigenvalue weighted by molar-refractivity contribution is 0.0364. The molecule has 0 aromatic carbocycles. The maximum absolute atomic E-state index is 8.67. The number of hydrogen-bond donors (Lipinski definition) is 3. The van der Waals surface area contributed by atoms with Gasteiger partial charge in [-0.25, -0.2) is 0 Å². The molecule has 8 heteroatoms. The summed E-state index contributed by atoms with van der Waals surface area (Å²) in [4.78, 5) is 24.9. The van der Waals surface area contributed by atoms with Crippen LogP contribution in [0.25, 0.3) is 0 Å². The summed E-state index contributed by atoms with van der Waals surface area (Å²) in [5, 5.41) is -0.548. The second kappa shape index (κ2) is 5.31. The van der Waals surface area contributed by atoms with Crippen LogP contribution in [-0.4, -0.2) is 39.2 Å². The maximum atomic E-state index is 8.67. The molecule has 0 spiro atoms. The van der Waals surface area contributed by atoms with E-state index in [4.69, 9.17) is 49.2 Å². The van der Waals surface area contributed by atoms with Crippen molar-refractivity contribution in [2.24, 2.45) is 0 Å². The number of hydrogen-bond acceptors (Lipinski definition) is 4. The minimum atomic E-state index is -4.67. The highest BCUT2D eigenvalue weighted by molar-refractivity contribution is 6.50. The van der Waals surface area contributed by atoms with Crippen LogP contribution < -0.4 is 0 Å². The van der Waals surface area contributed by atoms with Crippen LogP contribution in [-0.2, 0) is 4.43 Å². The zero-order valence-electron chi connectivity index (χ0n) is 7.75. The molecule has 0 aliphatic carbocycles. The predicted octanol–water partition coefficient (Wildman–Crippen LogP) is 0.995. The highest BCUT2D eigenvalue weighted by Gasteiger charge is 2.45. The molecule has 0 saturated carbocycles. The molecule has 14 heavy (non-hydrogen) atoms. The molecule has 0 aromatic rings. The fourth-order valence-electron chi connectivity index (χ4n) is 0.859. The molecule has 0 rings (SSSR count). The van der Waals surface area contributed by atoms with Crippen molar-refractivity contribution in [1.82, 2.24) is 0 Å². The quantitative estimate of drug-likeness (QED) is 0.520. The first kappa shape index (κ1) is 14.9. The van der Waals surface area contributed by atoms with Gasteiger partial charge in [-0.3, -0.25) is 0 Å². The molecule has 0 aliphatic rings. The lowest BCUT2D eigenvalue weighted by Gasteiger charge is -2.33. The van der Waals surface area contributed by atoms with Gasteiger partial charge in [0.15, 0.2) is 0 Å². The first-order chi connectivity index (χ1) is 6.13. The van der Waals surface area contributed by atoms with E-state index in [0.29, 0.717) is 6.42 Å². The Bertz CT molecular complexity index is 186. The standard InChI is InChI=1S/C6H13Cl3O4Si/c1-3-6(9,4(2)7)5(8)13-14(10,11)12/h4-5,10-12H,3H2,1-2H3. The van der Waals surface area contributed by atoms with E-state index in [0.717, 1.165) is 0 Å². The number of alkyl halides is 3. The molecule has 0 aromatic heterocycles. The average Bonchev–Trinajstić information content (AvgIpc) is 1.99. The van der Waals surface area contributed by atoms with Crippen molar-refractivity contribution in [2.45, 2.75) is 36.1 Å². The van der Waals surface area contributed by atoms with Crippen molar-refractivity contribution in [1.29, 1.82) is 0 Å². The molecule has 0 aliphatic heterocycles. The van der Waals surface area contributed by atoms with Gasteiger partial charge in [0.25, 0.3) is 0 Å². The second-order valence-corrected chi connectivity index (χ2v) is 6.04. The minimum Gasteiger partial charge on any atom is -0.368 e. The predicted molar refractivity (Wildman–Crippen MR) is 57.3 cm³/mol. The van der Waals surface area contributed by atoms with Crippen LogP contribution in [0.5, 0.6) is 0 Å². The van der Waals surface area contributed by atoms with Crippen LogP contribution in [0, 0.1) is 0 Å². The van der Waals surface area contributed by atoms with E-state index in [1.54, 1.807) is 13.8 Å².